The second-order valence-corrected chi connectivity index (χ2v) is 5.50. The van der Waals surface area contributed by atoms with Crippen molar-refractivity contribution in [2.45, 2.75) is 24.8 Å². The molecule has 0 bridgehead atoms. The van der Waals surface area contributed by atoms with Crippen LogP contribution in [-0.2, 0) is 14.9 Å². The van der Waals surface area contributed by atoms with Crippen molar-refractivity contribution in [3.8, 4) is 5.75 Å². The lowest BCUT2D eigenvalue weighted by molar-refractivity contribution is -0.118. The first-order chi connectivity index (χ1) is 9.09. The number of nitrogens with two attached hydrogens (primary N) is 1. The second-order valence-electron chi connectivity index (χ2n) is 5.50. The van der Waals surface area contributed by atoms with Gasteiger partial charge in [-0.05, 0) is 31.0 Å². The highest BCUT2D eigenvalue weighted by atomic mass is 16.5. The highest BCUT2D eigenvalue weighted by Gasteiger charge is 2.41. The van der Waals surface area contributed by atoms with E-state index in [0.717, 1.165) is 23.4 Å². The van der Waals surface area contributed by atoms with Crippen molar-refractivity contribution in [1.29, 1.82) is 0 Å². The fourth-order valence-corrected chi connectivity index (χ4v) is 2.78. The van der Waals surface area contributed by atoms with E-state index in [1.165, 1.54) is 0 Å². The van der Waals surface area contributed by atoms with Gasteiger partial charge in [-0.1, -0.05) is 6.07 Å². The number of carbonyl (C=O) groups excluding carboxylic acids is 1. The molecule has 3 rings (SSSR count). The molecule has 1 amide bonds. The summed E-state index contributed by atoms with van der Waals surface area (Å²) in [5.41, 5.74) is 7.81. The quantitative estimate of drug-likeness (QED) is 0.853. The van der Waals surface area contributed by atoms with Crippen LogP contribution in [0.25, 0.3) is 0 Å². The lowest BCUT2D eigenvalue weighted by atomic mass is 9.74. The Balaban J connectivity index is 1.92. The molecular weight excluding hydrogens is 244 g/mol. The van der Waals surface area contributed by atoms with Gasteiger partial charge < -0.3 is 20.5 Å². The number of hydrogen-bond acceptors (Lipinski definition) is 4. The fraction of sp³-hybridized carbons (Fsp3) is 0.500. The van der Waals surface area contributed by atoms with Gasteiger partial charge in [0.05, 0.1) is 18.9 Å². The summed E-state index contributed by atoms with van der Waals surface area (Å²) >= 11 is 0. The fourth-order valence-electron chi connectivity index (χ4n) is 2.78. The molecule has 1 saturated heterocycles. The standard InChI is InChI=1S/C14H18N2O3/c1-9(15)5-14(7-18-8-14)10-2-3-12-11(4-10)16-13(17)6-19-12/h2-4,9H,5-8,15H2,1H3,(H,16,17). The number of anilines is 1. The van der Waals surface area contributed by atoms with Crippen LogP contribution in [0.5, 0.6) is 5.75 Å². The Morgan fingerprint density at radius 3 is 2.89 bits per heavy atom. The lowest BCUT2D eigenvalue weighted by Crippen LogP contribution is -2.49. The van der Waals surface area contributed by atoms with Gasteiger partial charge in [-0.25, -0.2) is 0 Å². The molecule has 0 spiro atoms. The SMILES string of the molecule is CC(N)CC1(c2ccc3c(c2)NC(=O)CO3)COC1. The van der Waals surface area contributed by atoms with E-state index in [0.29, 0.717) is 13.2 Å². The predicted molar refractivity (Wildman–Crippen MR) is 71.3 cm³/mol. The van der Waals surface area contributed by atoms with E-state index in [4.69, 9.17) is 15.2 Å². The number of benzene rings is 1. The van der Waals surface area contributed by atoms with Gasteiger partial charge in [0.2, 0.25) is 0 Å². The molecule has 102 valence electrons. The molecular formula is C14H18N2O3. The Labute approximate surface area is 112 Å². The first-order valence-electron chi connectivity index (χ1n) is 6.50. The van der Waals surface area contributed by atoms with E-state index in [-0.39, 0.29) is 24.0 Å². The molecule has 2 heterocycles. The minimum Gasteiger partial charge on any atom is -0.482 e. The zero-order chi connectivity index (χ0) is 13.5. The molecule has 0 aliphatic carbocycles. The van der Waals surface area contributed by atoms with E-state index in [2.05, 4.69) is 5.32 Å². The molecule has 0 saturated carbocycles. The van der Waals surface area contributed by atoms with E-state index in [9.17, 15) is 4.79 Å². The van der Waals surface area contributed by atoms with Crippen LogP contribution in [0, 0.1) is 0 Å². The highest BCUT2D eigenvalue weighted by molar-refractivity contribution is 5.95. The third kappa shape index (κ3) is 2.19. The van der Waals surface area contributed by atoms with Crippen molar-refractivity contribution >= 4 is 11.6 Å². The molecule has 5 heteroatoms. The first-order valence-corrected chi connectivity index (χ1v) is 6.50. The number of hydrogen-bond donors (Lipinski definition) is 2. The van der Waals surface area contributed by atoms with Gasteiger partial charge in [-0.3, -0.25) is 4.79 Å². The molecule has 19 heavy (non-hydrogen) atoms. The van der Waals surface area contributed by atoms with Crippen LogP contribution in [0.4, 0.5) is 5.69 Å². The lowest BCUT2D eigenvalue weighted by Gasteiger charge is -2.43. The van der Waals surface area contributed by atoms with Crippen molar-refractivity contribution in [3.05, 3.63) is 23.8 Å². The largest absolute Gasteiger partial charge is 0.482 e. The molecule has 1 atom stereocenters. The molecule has 2 aliphatic heterocycles. The Morgan fingerprint density at radius 1 is 1.47 bits per heavy atom. The summed E-state index contributed by atoms with van der Waals surface area (Å²) in [6.07, 6.45) is 0.876. The van der Waals surface area contributed by atoms with Crippen molar-refractivity contribution in [3.63, 3.8) is 0 Å². The maximum atomic E-state index is 11.4. The maximum Gasteiger partial charge on any atom is 0.262 e. The molecule has 1 unspecified atom stereocenters. The summed E-state index contributed by atoms with van der Waals surface area (Å²) in [4.78, 5) is 11.4. The zero-order valence-corrected chi connectivity index (χ0v) is 10.9. The summed E-state index contributed by atoms with van der Waals surface area (Å²) in [6.45, 7) is 3.45. The number of carbonyl (C=O) groups is 1. The Morgan fingerprint density at radius 2 is 2.26 bits per heavy atom. The Hall–Kier alpha value is -1.59. The maximum absolute atomic E-state index is 11.4. The van der Waals surface area contributed by atoms with E-state index in [1.54, 1.807) is 0 Å². The normalized spacial score (nSPS) is 21.7. The Bertz CT molecular complexity index is 509. The Kier molecular flexibility index (Phi) is 2.95. The summed E-state index contributed by atoms with van der Waals surface area (Å²) < 4.78 is 10.8. The summed E-state index contributed by atoms with van der Waals surface area (Å²) in [5, 5.41) is 2.84. The van der Waals surface area contributed by atoms with Gasteiger partial charge in [0.25, 0.3) is 5.91 Å². The number of nitrogens with one attached hydrogen (secondary N) is 1. The monoisotopic (exact) mass is 262 g/mol. The van der Waals surface area contributed by atoms with E-state index in [1.807, 2.05) is 25.1 Å². The number of rotatable bonds is 3. The molecule has 0 radical (unpaired) electrons. The average Bonchev–Trinajstić information content (AvgIpc) is 2.32. The van der Waals surface area contributed by atoms with Crippen LogP contribution < -0.4 is 15.8 Å². The third-order valence-corrected chi connectivity index (χ3v) is 3.69. The van der Waals surface area contributed by atoms with Gasteiger partial charge >= 0.3 is 0 Å². The van der Waals surface area contributed by atoms with E-state index < -0.39 is 0 Å². The minimum atomic E-state index is -0.115. The number of amides is 1. The molecule has 5 nitrogen and oxygen atoms in total. The van der Waals surface area contributed by atoms with Gasteiger partial charge in [-0.15, -0.1) is 0 Å². The average molecular weight is 262 g/mol. The topological polar surface area (TPSA) is 73.6 Å². The zero-order valence-electron chi connectivity index (χ0n) is 10.9. The first kappa shape index (κ1) is 12.4. The minimum absolute atomic E-state index is 0.0224. The van der Waals surface area contributed by atoms with Crippen LogP contribution in [0.3, 0.4) is 0 Å². The molecule has 2 aliphatic rings. The predicted octanol–water partition coefficient (Wildman–Crippen LogP) is 1.02. The van der Waals surface area contributed by atoms with Gasteiger partial charge in [0, 0.05) is 11.5 Å². The molecule has 1 aromatic carbocycles. The van der Waals surface area contributed by atoms with Crippen molar-refractivity contribution < 1.29 is 14.3 Å². The summed E-state index contributed by atoms with van der Waals surface area (Å²) in [6, 6.07) is 6.05. The molecule has 3 N–H and O–H groups in total. The number of ether oxygens (including phenoxy) is 2. The van der Waals surface area contributed by atoms with Crippen LogP contribution in [0.15, 0.2) is 18.2 Å². The highest BCUT2D eigenvalue weighted by Crippen LogP contribution is 2.40. The summed E-state index contributed by atoms with van der Waals surface area (Å²) in [7, 11) is 0. The molecule has 0 aromatic heterocycles. The van der Waals surface area contributed by atoms with Gasteiger partial charge in [-0.2, -0.15) is 0 Å². The van der Waals surface area contributed by atoms with Crippen molar-refractivity contribution in [2.75, 3.05) is 25.1 Å². The smallest absolute Gasteiger partial charge is 0.262 e. The molecule has 1 fully saturated rings. The van der Waals surface area contributed by atoms with Gasteiger partial charge in [0.15, 0.2) is 6.61 Å². The summed E-state index contributed by atoms with van der Waals surface area (Å²) in [5.74, 6) is 0.607. The van der Waals surface area contributed by atoms with Crippen LogP contribution in [-0.4, -0.2) is 31.8 Å². The van der Waals surface area contributed by atoms with Crippen molar-refractivity contribution in [2.24, 2.45) is 5.73 Å². The van der Waals surface area contributed by atoms with E-state index >= 15 is 0 Å². The second kappa shape index (κ2) is 4.51. The van der Waals surface area contributed by atoms with Crippen LogP contribution >= 0.6 is 0 Å². The third-order valence-electron chi connectivity index (χ3n) is 3.69. The van der Waals surface area contributed by atoms with Crippen LogP contribution in [0.2, 0.25) is 0 Å². The number of fused-ring (bicyclic) bond motifs is 1. The van der Waals surface area contributed by atoms with Gasteiger partial charge in [0.1, 0.15) is 5.75 Å². The van der Waals surface area contributed by atoms with Crippen LogP contribution in [0.1, 0.15) is 18.9 Å². The molecule has 1 aromatic rings. The van der Waals surface area contributed by atoms with Crippen molar-refractivity contribution in [1.82, 2.24) is 0 Å².